The molecular formula is C27H42ClNO3S. The summed E-state index contributed by atoms with van der Waals surface area (Å²) in [7, 11) is -4.25. The first-order valence-corrected chi connectivity index (χ1v) is 14.2. The van der Waals surface area contributed by atoms with Crippen molar-refractivity contribution in [2.75, 3.05) is 26.2 Å². The van der Waals surface area contributed by atoms with Gasteiger partial charge in [0.15, 0.2) is 0 Å². The van der Waals surface area contributed by atoms with E-state index in [1.807, 2.05) is 12.1 Å². The summed E-state index contributed by atoms with van der Waals surface area (Å²) in [6, 6.07) is 15.5. The Labute approximate surface area is 207 Å². The number of unbranched alkanes of at least 4 members (excludes halogenated alkanes) is 5. The van der Waals surface area contributed by atoms with Crippen molar-refractivity contribution in [3.8, 4) is 0 Å². The van der Waals surface area contributed by atoms with Crippen LogP contribution in [-0.2, 0) is 16.5 Å². The molecule has 33 heavy (non-hydrogen) atoms. The lowest BCUT2D eigenvalue weighted by Gasteiger charge is -2.37. The van der Waals surface area contributed by atoms with Gasteiger partial charge in [0.2, 0.25) is 0 Å². The van der Waals surface area contributed by atoms with Gasteiger partial charge < -0.3 is 9.04 Å². The quantitative estimate of drug-likeness (QED) is 0.160. The monoisotopic (exact) mass is 495 g/mol. The number of rotatable bonds is 14. The maximum atomic E-state index is 10.3. The van der Waals surface area contributed by atoms with Crippen LogP contribution < -0.4 is 0 Å². The Morgan fingerprint density at radius 1 is 0.758 bits per heavy atom. The second-order valence-electron chi connectivity index (χ2n) is 8.69. The molecule has 0 atom stereocenters. The van der Waals surface area contributed by atoms with Gasteiger partial charge in [-0.15, -0.1) is 0 Å². The summed E-state index contributed by atoms with van der Waals surface area (Å²) in [6.45, 7) is 12.3. The molecule has 0 aliphatic carbocycles. The topological polar surface area (TPSA) is 57.2 Å². The molecule has 4 nitrogen and oxygen atoms in total. The molecule has 0 aliphatic rings. The first kappa shape index (κ1) is 29.6. The van der Waals surface area contributed by atoms with E-state index >= 15 is 0 Å². The van der Waals surface area contributed by atoms with Crippen LogP contribution in [0.25, 0.3) is 0 Å². The lowest BCUT2D eigenvalue weighted by Crippen LogP contribution is -2.49. The van der Waals surface area contributed by atoms with Crippen molar-refractivity contribution in [2.45, 2.75) is 77.0 Å². The van der Waals surface area contributed by atoms with Crippen molar-refractivity contribution in [1.82, 2.24) is 0 Å². The highest BCUT2D eigenvalue weighted by Crippen LogP contribution is 2.16. The summed E-state index contributed by atoms with van der Waals surface area (Å²) in [6.07, 6.45) is 10.8. The second kappa shape index (κ2) is 16.3. The minimum atomic E-state index is -4.25. The molecule has 2 rings (SSSR count). The van der Waals surface area contributed by atoms with Gasteiger partial charge in [0.25, 0.3) is 0 Å². The van der Waals surface area contributed by atoms with E-state index in [0.717, 1.165) is 5.02 Å². The smallest absolute Gasteiger partial charge is 0.124 e. The molecule has 6 heteroatoms. The van der Waals surface area contributed by atoms with Crippen LogP contribution >= 0.6 is 11.6 Å². The SMILES string of the molecule is CCCCCCC[N+](CC)(CC)CCCCc1ccc(Cl)cc1.O=S(=O)([O-])c1ccccc1. The van der Waals surface area contributed by atoms with Crippen LogP contribution in [0.4, 0.5) is 0 Å². The van der Waals surface area contributed by atoms with Gasteiger partial charge in [-0.05, 0) is 75.8 Å². The van der Waals surface area contributed by atoms with Gasteiger partial charge in [-0.3, -0.25) is 0 Å². The van der Waals surface area contributed by atoms with Gasteiger partial charge >= 0.3 is 0 Å². The Morgan fingerprint density at radius 3 is 1.79 bits per heavy atom. The Kier molecular flexibility index (Phi) is 14.6. The molecule has 0 amide bonds. The van der Waals surface area contributed by atoms with Gasteiger partial charge in [-0.25, -0.2) is 8.42 Å². The first-order valence-electron chi connectivity index (χ1n) is 12.4. The number of halogens is 1. The maximum Gasteiger partial charge on any atom is 0.124 e. The maximum absolute atomic E-state index is 10.3. The van der Waals surface area contributed by atoms with Gasteiger partial charge in [-0.1, -0.05) is 68.1 Å². The molecule has 0 fully saturated rings. The summed E-state index contributed by atoms with van der Waals surface area (Å²) >= 11 is 5.95. The molecule has 0 aliphatic heterocycles. The summed E-state index contributed by atoms with van der Waals surface area (Å²) < 4.78 is 32.1. The third-order valence-corrected chi connectivity index (χ3v) is 7.47. The van der Waals surface area contributed by atoms with Crippen molar-refractivity contribution in [2.24, 2.45) is 0 Å². The van der Waals surface area contributed by atoms with E-state index < -0.39 is 10.1 Å². The number of nitrogens with zero attached hydrogens (tertiary/aromatic N) is 1. The Balaban J connectivity index is 0.000000451. The van der Waals surface area contributed by atoms with Crippen LogP contribution in [0.3, 0.4) is 0 Å². The Bertz CT molecular complexity index is 851. The van der Waals surface area contributed by atoms with Gasteiger partial charge in [-0.2, -0.15) is 0 Å². The van der Waals surface area contributed by atoms with Gasteiger partial charge in [0, 0.05) is 5.02 Å². The average Bonchev–Trinajstić information content (AvgIpc) is 2.82. The van der Waals surface area contributed by atoms with Crippen LogP contribution in [0, 0.1) is 0 Å². The molecule has 0 saturated heterocycles. The molecule has 0 bridgehead atoms. The Morgan fingerprint density at radius 2 is 1.30 bits per heavy atom. The van der Waals surface area contributed by atoms with Crippen LogP contribution in [0.5, 0.6) is 0 Å². The molecular weight excluding hydrogens is 454 g/mol. The average molecular weight is 496 g/mol. The zero-order valence-corrected chi connectivity index (χ0v) is 22.2. The highest BCUT2D eigenvalue weighted by Gasteiger charge is 2.21. The highest BCUT2D eigenvalue weighted by molar-refractivity contribution is 7.85. The minimum absolute atomic E-state index is 0.185. The number of hydrogen-bond donors (Lipinski definition) is 0. The van der Waals surface area contributed by atoms with Gasteiger partial charge in [0.1, 0.15) is 10.1 Å². The summed E-state index contributed by atoms with van der Waals surface area (Å²) in [5.41, 5.74) is 1.42. The molecule has 0 heterocycles. The summed E-state index contributed by atoms with van der Waals surface area (Å²) in [5, 5.41) is 0.837. The first-order chi connectivity index (χ1) is 15.8. The molecule has 0 unspecified atom stereocenters. The zero-order valence-electron chi connectivity index (χ0n) is 20.6. The number of hydrogen-bond acceptors (Lipinski definition) is 3. The molecule has 0 saturated carbocycles. The molecule has 0 spiro atoms. The van der Waals surface area contributed by atoms with E-state index in [0.29, 0.717) is 0 Å². The van der Waals surface area contributed by atoms with E-state index in [1.165, 1.54) is 112 Å². The lowest BCUT2D eigenvalue weighted by molar-refractivity contribution is -0.925. The minimum Gasteiger partial charge on any atom is -0.744 e. The van der Waals surface area contributed by atoms with Crippen LogP contribution in [0.15, 0.2) is 59.5 Å². The number of benzene rings is 2. The van der Waals surface area contributed by atoms with Crippen molar-refractivity contribution in [3.05, 3.63) is 65.2 Å². The molecule has 2 aromatic rings. The zero-order chi connectivity index (χ0) is 24.6. The lowest BCUT2D eigenvalue weighted by atomic mass is 10.1. The number of aryl methyl sites for hydroxylation is 1. The summed E-state index contributed by atoms with van der Waals surface area (Å²) in [5.74, 6) is 0. The summed E-state index contributed by atoms with van der Waals surface area (Å²) in [4.78, 5) is -0.185. The fraction of sp³-hybridized carbons (Fsp3) is 0.556. The van der Waals surface area contributed by atoms with E-state index in [-0.39, 0.29) is 4.90 Å². The van der Waals surface area contributed by atoms with Crippen LogP contribution in [0.2, 0.25) is 5.02 Å². The van der Waals surface area contributed by atoms with Crippen LogP contribution in [0.1, 0.15) is 71.3 Å². The third kappa shape index (κ3) is 12.6. The van der Waals surface area contributed by atoms with E-state index in [9.17, 15) is 13.0 Å². The van der Waals surface area contributed by atoms with E-state index in [1.54, 1.807) is 6.07 Å². The van der Waals surface area contributed by atoms with Crippen molar-refractivity contribution >= 4 is 21.7 Å². The largest absolute Gasteiger partial charge is 0.744 e. The molecule has 186 valence electrons. The fourth-order valence-electron chi connectivity index (χ4n) is 4.03. The second-order valence-corrected chi connectivity index (χ2v) is 10.5. The normalized spacial score (nSPS) is 11.7. The molecule has 0 N–H and O–H groups in total. The highest BCUT2D eigenvalue weighted by atomic mass is 35.5. The molecule has 2 aromatic carbocycles. The molecule has 0 radical (unpaired) electrons. The standard InChI is InChI=1S/C21H37ClN.C6H6O3S/c1-4-7-8-9-11-18-23(5-2,6-3)19-12-10-13-20-14-16-21(22)17-15-20;7-10(8,9)6-4-2-1-3-5-6/h14-17H,4-13,18-19H2,1-3H3;1-5H,(H,7,8,9)/q+1;/p-1. The predicted octanol–water partition coefficient (Wildman–Crippen LogP) is 7.08. The van der Waals surface area contributed by atoms with Gasteiger partial charge in [0.05, 0.1) is 31.1 Å². The van der Waals surface area contributed by atoms with Crippen molar-refractivity contribution in [1.29, 1.82) is 0 Å². The van der Waals surface area contributed by atoms with E-state index in [2.05, 4.69) is 32.9 Å². The Hall–Kier alpha value is -1.40. The van der Waals surface area contributed by atoms with Crippen molar-refractivity contribution < 1.29 is 17.5 Å². The predicted molar refractivity (Wildman–Crippen MR) is 139 cm³/mol. The third-order valence-electron chi connectivity index (χ3n) is 6.37. The van der Waals surface area contributed by atoms with Crippen LogP contribution in [-0.4, -0.2) is 43.6 Å². The number of quaternary nitrogens is 1. The fourth-order valence-corrected chi connectivity index (χ4v) is 4.65. The van der Waals surface area contributed by atoms with E-state index in [4.69, 9.17) is 11.6 Å². The molecule has 0 aromatic heterocycles. The van der Waals surface area contributed by atoms with Crippen molar-refractivity contribution in [3.63, 3.8) is 0 Å².